The zero-order valence-electron chi connectivity index (χ0n) is 17.0. The number of carbonyl (C=O) groups excluding carboxylic acids is 1. The van der Waals surface area contributed by atoms with Crippen molar-refractivity contribution in [3.05, 3.63) is 64.2 Å². The van der Waals surface area contributed by atoms with E-state index >= 15 is 0 Å². The van der Waals surface area contributed by atoms with Crippen LogP contribution in [-0.4, -0.2) is 44.7 Å². The van der Waals surface area contributed by atoms with Crippen molar-refractivity contribution in [2.45, 2.75) is 19.8 Å². The van der Waals surface area contributed by atoms with Gasteiger partial charge in [0.1, 0.15) is 5.75 Å². The molecule has 0 spiro atoms. The first-order valence-electron chi connectivity index (χ1n) is 9.97. The van der Waals surface area contributed by atoms with Crippen LogP contribution in [0.5, 0.6) is 5.75 Å². The second-order valence-corrected chi connectivity index (χ2v) is 7.12. The molecule has 3 N–H and O–H groups in total. The molecule has 1 heterocycles. The molecule has 162 valence electrons. The van der Waals surface area contributed by atoms with E-state index in [0.29, 0.717) is 30.2 Å². The molecule has 8 heteroatoms. The van der Waals surface area contributed by atoms with E-state index in [9.17, 15) is 4.79 Å². The molecule has 0 aliphatic carbocycles. The minimum Gasteiger partial charge on any atom is -0.493 e. The van der Waals surface area contributed by atoms with Gasteiger partial charge in [0.25, 0.3) is 5.91 Å². The zero-order chi connectivity index (χ0) is 20.5. The summed E-state index contributed by atoms with van der Waals surface area (Å²) in [5.74, 6) is 1.56. The summed E-state index contributed by atoms with van der Waals surface area (Å²) in [7, 11) is 0. The van der Waals surface area contributed by atoms with Gasteiger partial charge in [0.15, 0.2) is 5.96 Å². The standard InChI is InChI=1S/C22H27ClN4O2.HI/c1-2-24-22(26-11-9-16-7-8-20-17(15-16)10-14-29-20)27-13-12-25-21(28)18-5-3-4-6-19(18)23;/h3-8,15H,2,9-14H2,1H3,(H,25,28)(H2,24,26,27);1H. The molecule has 1 aliphatic rings. The van der Waals surface area contributed by atoms with Crippen LogP contribution in [0.2, 0.25) is 5.02 Å². The van der Waals surface area contributed by atoms with Gasteiger partial charge in [-0.25, -0.2) is 0 Å². The molecule has 30 heavy (non-hydrogen) atoms. The number of rotatable bonds is 8. The van der Waals surface area contributed by atoms with Gasteiger partial charge in [0.05, 0.1) is 17.2 Å². The van der Waals surface area contributed by atoms with Gasteiger partial charge in [-0.1, -0.05) is 35.9 Å². The number of carbonyl (C=O) groups is 1. The first-order chi connectivity index (χ1) is 14.2. The summed E-state index contributed by atoms with van der Waals surface area (Å²) in [5.41, 5.74) is 3.03. The molecule has 6 nitrogen and oxygen atoms in total. The maximum Gasteiger partial charge on any atom is 0.252 e. The summed E-state index contributed by atoms with van der Waals surface area (Å²) < 4.78 is 5.55. The summed E-state index contributed by atoms with van der Waals surface area (Å²) in [5, 5.41) is 9.78. The first kappa shape index (κ1) is 24.3. The van der Waals surface area contributed by atoms with Crippen LogP contribution in [0.15, 0.2) is 47.5 Å². The average molecular weight is 543 g/mol. The summed E-state index contributed by atoms with van der Waals surface area (Å²) >= 11 is 6.05. The Morgan fingerprint density at radius 2 is 1.93 bits per heavy atom. The molecule has 0 bridgehead atoms. The number of benzene rings is 2. The molecule has 1 aliphatic heterocycles. The van der Waals surface area contributed by atoms with Gasteiger partial charge in [0, 0.05) is 32.6 Å². The number of hydrogen-bond acceptors (Lipinski definition) is 3. The Morgan fingerprint density at radius 3 is 2.73 bits per heavy atom. The minimum atomic E-state index is -0.181. The van der Waals surface area contributed by atoms with Gasteiger partial charge in [-0.2, -0.15) is 0 Å². The molecule has 0 saturated carbocycles. The molecular weight excluding hydrogens is 515 g/mol. The van der Waals surface area contributed by atoms with Crippen molar-refractivity contribution in [2.75, 3.05) is 32.8 Å². The third kappa shape index (κ3) is 7.05. The number of nitrogens with zero attached hydrogens (tertiary/aromatic N) is 1. The molecule has 2 aromatic carbocycles. The number of nitrogens with one attached hydrogen (secondary N) is 3. The van der Waals surface area contributed by atoms with Crippen LogP contribution in [0.4, 0.5) is 0 Å². The second-order valence-electron chi connectivity index (χ2n) is 6.71. The van der Waals surface area contributed by atoms with E-state index in [1.807, 2.05) is 13.0 Å². The van der Waals surface area contributed by atoms with E-state index < -0.39 is 0 Å². The fourth-order valence-electron chi connectivity index (χ4n) is 3.13. The van der Waals surface area contributed by atoms with E-state index in [4.69, 9.17) is 16.3 Å². The quantitative estimate of drug-likeness (QED) is 0.207. The lowest BCUT2D eigenvalue weighted by atomic mass is 10.1. The van der Waals surface area contributed by atoms with Crippen LogP contribution in [-0.2, 0) is 12.8 Å². The lowest BCUT2D eigenvalue weighted by Gasteiger charge is -2.12. The zero-order valence-corrected chi connectivity index (χ0v) is 20.1. The molecule has 0 radical (unpaired) electrons. The van der Waals surface area contributed by atoms with Crippen molar-refractivity contribution >= 4 is 47.4 Å². The number of aliphatic imine (C=N–C) groups is 1. The van der Waals surface area contributed by atoms with Gasteiger partial charge in [0.2, 0.25) is 0 Å². The maximum atomic E-state index is 12.2. The Kier molecular flexibility index (Phi) is 10.2. The fourth-order valence-corrected chi connectivity index (χ4v) is 3.35. The van der Waals surface area contributed by atoms with Crippen molar-refractivity contribution < 1.29 is 9.53 Å². The smallest absolute Gasteiger partial charge is 0.252 e. The summed E-state index contributed by atoms with van der Waals surface area (Å²) in [6.07, 6.45) is 1.85. The van der Waals surface area contributed by atoms with Gasteiger partial charge < -0.3 is 20.7 Å². The van der Waals surface area contributed by atoms with Gasteiger partial charge in [-0.15, -0.1) is 24.0 Å². The summed E-state index contributed by atoms with van der Waals surface area (Å²) in [6, 6.07) is 13.4. The monoisotopic (exact) mass is 542 g/mol. The van der Waals surface area contributed by atoms with Crippen molar-refractivity contribution in [1.82, 2.24) is 16.0 Å². The minimum absolute atomic E-state index is 0. The Morgan fingerprint density at radius 1 is 1.13 bits per heavy atom. The highest BCUT2D eigenvalue weighted by Gasteiger charge is 2.12. The Balaban J connectivity index is 0.00000320. The third-order valence-corrected chi connectivity index (χ3v) is 4.92. The number of fused-ring (bicyclic) bond motifs is 1. The topological polar surface area (TPSA) is 74.8 Å². The van der Waals surface area contributed by atoms with E-state index in [2.05, 4.69) is 33.1 Å². The number of halogens is 2. The average Bonchev–Trinajstić information content (AvgIpc) is 3.19. The highest BCUT2D eigenvalue weighted by molar-refractivity contribution is 14.0. The summed E-state index contributed by atoms with van der Waals surface area (Å²) in [4.78, 5) is 16.8. The van der Waals surface area contributed by atoms with Crippen LogP contribution >= 0.6 is 35.6 Å². The van der Waals surface area contributed by atoms with Crippen LogP contribution in [0.1, 0.15) is 28.4 Å². The Bertz CT molecular complexity index is 876. The fraction of sp³-hybridized carbons (Fsp3) is 0.364. The Hall–Kier alpha value is -2.00. The van der Waals surface area contributed by atoms with E-state index in [0.717, 1.165) is 37.7 Å². The van der Waals surface area contributed by atoms with E-state index in [1.165, 1.54) is 11.1 Å². The lowest BCUT2D eigenvalue weighted by Crippen LogP contribution is -2.41. The molecular formula is C22H28ClIN4O2. The second kappa shape index (κ2) is 12.6. The normalized spacial score (nSPS) is 12.4. The van der Waals surface area contributed by atoms with Gasteiger partial charge in [-0.05, 0) is 42.7 Å². The van der Waals surface area contributed by atoms with E-state index in [-0.39, 0.29) is 29.9 Å². The SMILES string of the molecule is CCNC(=NCCc1ccc2c(c1)CCO2)NCCNC(=O)c1ccccc1Cl.I. The highest BCUT2D eigenvalue weighted by Crippen LogP contribution is 2.25. The maximum absolute atomic E-state index is 12.2. The molecule has 0 unspecified atom stereocenters. The largest absolute Gasteiger partial charge is 0.493 e. The first-order valence-corrected chi connectivity index (χ1v) is 10.3. The Labute approximate surface area is 199 Å². The van der Waals surface area contributed by atoms with Crippen LogP contribution < -0.4 is 20.7 Å². The molecule has 1 amide bonds. The van der Waals surface area contributed by atoms with Gasteiger partial charge in [-0.3, -0.25) is 9.79 Å². The van der Waals surface area contributed by atoms with Crippen molar-refractivity contribution in [1.29, 1.82) is 0 Å². The number of hydrogen-bond donors (Lipinski definition) is 3. The van der Waals surface area contributed by atoms with Gasteiger partial charge >= 0.3 is 0 Å². The number of amides is 1. The van der Waals surface area contributed by atoms with E-state index in [1.54, 1.807) is 24.3 Å². The van der Waals surface area contributed by atoms with Crippen molar-refractivity contribution in [3.8, 4) is 5.75 Å². The summed E-state index contributed by atoms with van der Waals surface area (Å²) in [6.45, 7) is 5.29. The van der Waals surface area contributed by atoms with Crippen LogP contribution in [0, 0.1) is 0 Å². The van der Waals surface area contributed by atoms with Crippen molar-refractivity contribution in [2.24, 2.45) is 4.99 Å². The lowest BCUT2D eigenvalue weighted by molar-refractivity contribution is 0.0954. The molecule has 0 fully saturated rings. The predicted octanol–water partition coefficient (Wildman–Crippen LogP) is 3.42. The molecule has 0 saturated heterocycles. The highest BCUT2D eigenvalue weighted by atomic mass is 127. The molecule has 3 rings (SSSR count). The predicted molar refractivity (Wildman–Crippen MR) is 133 cm³/mol. The number of guanidine groups is 1. The van der Waals surface area contributed by atoms with Crippen molar-refractivity contribution in [3.63, 3.8) is 0 Å². The van der Waals surface area contributed by atoms with Crippen LogP contribution in [0.25, 0.3) is 0 Å². The third-order valence-electron chi connectivity index (χ3n) is 4.59. The van der Waals surface area contributed by atoms with Crippen LogP contribution in [0.3, 0.4) is 0 Å². The number of ether oxygens (including phenoxy) is 1. The molecule has 0 atom stereocenters. The molecule has 0 aromatic heterocycles. The molecule has 2 aromatic rings.